The summed E-state index contributed by atoms with van der Waals surface area (Å²) in [5.41, 5.74) is 0. The van der Waals surface area contributed by atoms with Gasteiger partial charge in [0.1, 0.15) is 0 Å². The van der Waals surface area contributed by atoms with Crippen LogP contribution in [0.1, 0.15) is 64.2 Å². The standard InChI is InChI=1S/C15H29NO/c1-2-4-8-14(7-3-1)13-17-12-6-5-11-16-15-9-10-15/h14-16H,1-13H2. The molecule has 0 aromatic heterocycles. The molecule has 0 radical (unpaired) electrons. The van der Waals surface area contributed by atoms with Gasteiger partial charge in [0, 0.05) is 19.3 Å². The average molecular weight is 239 g/mol. The number of ether oxygens (including phenoxy) is 1. The van der Waals surface area contributed by atoms with Crippen molar-refractivity contribution in [2.45, 2.75) is 70.3 Å². The Hall–Kier alpha value is -0.0800. The molecule has 0 bridgehead atoms. The Morgan fingerprint density at radius 1 is 0.882 bits per heavy atom. The highest BCUT2D eigenvalue weighted by atomic mass is 16.5. The van der Waals surface area contributed by atoms with Gasteiger partial charge in [-0.1, -0.05) is 25.7 Å². The first kappa shape index (κ1) is 13.4. The largest absolute Gasteiger partial charge is 0.381 e. The summed E-state index contributed by atoms with van der Waals surface area (Å²) in [5, 5.41) is 3.55. The maximum Gasteiger partial charge on any atom is 0.0494 e. The molecule has 0 amide bonds. The zero-order valence-corrected chi connectivity index (χ0v) is 11.3. The van der Waals surface area contributed by atoms with Gasteiger partial charge in [0.05, 0.1) is 0 Å². The Balaban J connectivity index is 1.36. The van der Waals surface area contributed by atoms with E-state index in [1.54, 1.807) is 0 Å². The Bertz CT molecular complexity index is 183. The van der Waals surface area contributed by atoms with E-state index in [1.807, 2.05) is 0 Å². The van der Waals surface area contributed by atoms with Crippen LogP contribution >= 0.6 is 0 Å². The number of nitrogens with one attached hydrogen (secondary N) is 1. The number of hydrogen-bond acceptors (Lipinski definition) is 2. The molecule has 0 saturated heterocycles. The molecule has 2 aliphatic rings. The Morgan fingerprint density at radius 2 is 1.65 bits per heavy atom. The molecule has 0 aromatic rings. The van der Waals surface area contributed by atoms with E-state index in [0.29, 0.717) is 0 Å². The number of unbranched alkanes of at least 4 members (excludes halogenated alkanes) is 1. The van der Waals surface area contributed by atoms with Crippen LogP contribution in [0.5, 0.6) is 0 Å². The summed E-state index contributed by atoms with van der Waals surface area (Å²) < 4.78 is 5.82. The third kappa shape index (κ3) is 6.42. The van der Waals surface area contributed by atoms with Crippen LogP contribution in [0.15, 0.2) is 0 Å². The van der Waals surface area contributed by atoms with Gasteiger partial charge in [0.2, 0.25) is 0 Å². The van der Waals surface area contributed by atoms with Crippen LogP contribution in [0, 0.1) is 5.92 Å². The molecule has 2 saturated carbocycles. The zero-order valence-electron chi connectivity index (χ0n) is 11.3. The molecule has 0 spiro atoms. The first-order chi connectivity index (χ1) is 8.45. The second kappa shape index (κ2) is 8.10. The van der Waals surface area contributed by atoms with Gasteiger partial charge in [-0.15, -0.1) is 0 Å². The highest BCUT2D eigenvalue weighted by Gasteiger charge is 2.19. The van der Waals surface area contributed by atoms with Crippen LogP contribution in [0.25, 0.3) is 0 Å². The maximum atomic E-state index is 5.82. The summed E-state index contributed by atoms with van der Waals surface area (Å²) in [4.78, 5) is 0. The summed E-state index contributed by atoms with van der Waals surface area (Å²) in [6.07, 6.45) is 13.9. The van der Waals surface area contributed by atoms with Crippen LogP contribution in [0.4, 0.5) is 0 Å². The van der Waals surface area contributed by atoms with Crippen molar-refractivity contribution in [3.05, 3.63) is 0 Å². The Kier molecular flexibility index (Phi) is 6.36. The fraction of sp³-hybridized carbons (Fsp3) is 1.00. The lowest BCUT2D eigenvalue weighted by molar-refractivity contribution is 0.0911. The van der Waals surface area contributed by atoms with Gasteiger partial charge in [-0.2, -0.15) is 0 Å². The molecule has 2 heteroatoms. The predicted molar refractivity (Wildman–Crippen MR) is 72.3 cm³/mol. The van der Waals surface area contributed by atoms with Crippen molar-refractivity contribution in [3.8, 4) is 0 Å². The summed E-state index contributed by atoms with van der Waals surface area (Å²) >= 11 is 0. The van der Waals surface area contributed by atoms with Gasteiger partial charge in [0.15, 0.2) is 0 Å². The van der Waals surface area contributed by atoms with Crippen molar-refractivity contribution in [2.75, 3.05) is 19.8 Å². The average Bonchev–Trinajstić information content (AvgIpc) is 3.15. The molecule has 0 aliphatic heterocycles. The predicted octanol–water partition coefficient (Wildman–Crippen LogP) is 3.51. The van der Waals surface area contributed by atoms with Crippen molar-refractivity contribution < 1.29 is 4.74 Å². The lowest BCUT2D eigenvalue weighted by atomic mass is 10.0. The van der Waals surface area contributed by atoms with Crippen LogP contribution < -0.4 is 5.32 Å². The molecule has 0 heterocycles. The van der Waals surface area contributed by atoms with Gasteiger partial charge in [-0.05, 0) is 51.0 Å². The molecule has 2 rings (SSSR count). The van der Waals surface area contributed by atoms with Gasteiger partial charge in [-0.3, -0.25) is 0 Å². The smallest absolute Gasteiger partial charge is 0.0494 e. The first-order valence-electron chi connectivity index (χ1n) is 7.76. The van der Waals surface area contributed by atoms with Gasteiger partial charge in [-0.25, -0.2) is 0 Å². The van der Waals surface area contributed by atoms with E-state index in [1.165, 1.54) is 70.8 Å². The Morgan fingerprint density at radius 3 is 2.35 bits per heavy atom. The third-order valence-corrected chi connectivity index (χ3v) is 4.05. The monoisotopic (exact) mass is 239 g/mol. The van der Waals surface area contributed by atoms with E-state index in [2.05, 4.69) is 5.32 Å². The van der Waals surface area contributed by atoms with Crippen LogP contribution in [0.3, 0.4) is 0 Å². The SMILES string of the molecule is C1CCCC(COCCCCNC2CC2)CC1. The molecule has 2 aliphatic carbocycles. The van der Waals surface area contributed by atoms with E-state index < -0.39 is 0 Å². The van der Waals surface area contributed by atoms with E-state index >= 15 is 0 Å². The normalized spacial score (nSPS) is 22.6. The lowest BCUT2D eigenvalue weighted by Gasteiger charge is -2.14. The summed E-state index contributed by atoms with van der Waals surface area (Å²) in [6, 6.07) is 0.863. The molecule has 1 N–H and O–H groups in total. The minimum absolute atomic E-state index is 0.863. The topological polar surface area (TPSA) is 21.3 Å². The van der Waals surface area contributed by atoms with Crippen LogP contribution in [-0.2, 0) is 4.74 Å². The van der Waals surface area contributed by atoms with Crippen LogP contribution in [0.2, 0.25) is 0 Å². The van der Waals surface area contributed by atoms with Crippen molar-refractivity contribution >= 4 is 0 Å². The highest BCUT2D eigenvalue weighted by molar-refractivity contribution is 4.80. The van der Waals surface area contributed by atoms with E-state index in [4.69, 9.17) is 4.74 Å². The molecule has 100 valence electrons. The molecular formula is C15H29NO. The van der Waals surface area contributed by atoms with Gasteiger partial charge < -0.3 is 10.1 Å². The van der Waals surface area contributed by atoms with E-state index in [-0.39, 0.29) is 0 Å². The Labute approximate surface area is 107 Å². The summed E-state index contributed by atoms with van der Waals surface area (Å²) in [7, 11) is 0. The van der Waals surface area contributed by atoms with Gasteiger partial charge in [0.25, 0.3) is 0 Å². The second-order valence-corrected chi connectivity index (χ2v) is 5.87. The molecule has 0 aromatic carbocycles. The fourth-order valence-electron chi connectivity index (χ4n) is 2.70. The summed E-state index contributed by atoms with van der Waals surface area (Å²) in [6.45, 7) is 3.19. The van der Waals surface area contributed by atoms with Crippen molar-refractivity contribution in [2.24, 2.45) is 5.92 Å². The summed E-state index contributed by atoms with van der Waals surface area (Å²) in [5.74, 6) is 0.863. The van der Waals surface area contributed by atoms with Crippen molar-refractivity contribution in [3.63, 3.8) is 0 Å². The van der Waals surface area contributed by atoms with Gasteiger partial charge >= 0.3 is 0 Å². The highest BCUT2D eigenvalue weighted by Crippen LogP contribution is 2.23. The van der Waals surface area contributed by atoms with Crippen LogP contribution in [-0.4, -0.2) is 25.8 Å². The van der Waals surface area contributed by atoms with Crippen molar-refractivity contribution in [1.82, 2.24) is 5.32 Å². The quantitative estimate of drug-likeness (QED) is 0.517. The molecule has 0 unspecified atom stereocenters. The van der Waals surface area contributed by atoms with E-state index in [9.17, 15) is 0 Å². The molecule has 0 atom stereocenters. The molecule has 17 heavy (non-hydrogen) atoms. The molecule has 2 fully saturated rings. The minimum atomic E-state index is 0.863. The number of rotatable bonds is 8. The zero-order chi connectivity index (χ0) is 11.8. The minimum Gasteiger partial charge on any atom is -0.381 e. The second-order valence-electron chi connectivity index (χ2n) is 5.87. The number of hydrogen-bond donors (Lipinski definition) is 1. The third-order valence-electron chi connectivity index (χ3n) is 4.05. The maximum absolute atomic E-state index is 5.82. The van der Waals surface area contributed by atoms with E-state index in [0.717, 1.165) is 25.2 Å². The lowest BCUT2D eigenvalue weighted by Crippen LogP contribution is -2.18. The fourth-order valence-corrected chi connectivity index (χ4v) is 2.70. The van der Waals surface area contributed by atoms with Crippen molar-refractivity contribution in [1.29, 1.82) is 0 Å². The molecule has 2 nitrogen and oxygen atoms in total. The first-order valence-corrected chi connectivity index (χ1v) is 7.76. The molecular weight excluding hydrogens is 210 g/mol.